The van der Waals surface area contributed by atoms with Crippen LogP contribution in [0.1, 0.15) is 50.3 Å². The van der Waals surface area contributed by atoms with Crippen molar-refractivity contribution in [2.75, 3.05) is 16.8 Å². The molecule has 1 heterocycles. The van der Waals surface area contributed by atoms with E-state index < -0.39 is 0 Å². The van der Waals surface area contributed by atoms with Crippen molar-refractivity contribution in [1.29, 1.82) is 0 Å². The van der Waals surface area contributed by atoms with E-state index in [1.54, 1.807) is 0 Å². The Kier molecular flexibility index (Phi) is 6.68. The maximum absolute atomic E-state index is 12.0. The summed E-state index contributed by atoms with van der Waals surface area (Å²) in [7, 11) is 0. The maximum Gasteiger partial charge on any atom is 0.227 e. The molecule has 148 valence electrons. The van der Waals surface area contributed by atoms with Crippen molar-refractivity contribution < 1.29 is 4.79 Å². The minimum Gasteiger partial charge on any atom is -0.356 e. The second-order valence-corrected chi connectivity index (χ2v) is 8.25. The Hall–Kier alpha value is -2.40. The molecule has 1 saturated heterocycles. The van der Waals surface area contributed by atoms with Gasteiger partial charge in [-0.15, -0.1) is 0 Å². The molecule has 0 spiro atoms. The molecule has 0 radical (unpaired) electrons. The lowest BCUT2D eigenvalue weighted by molar-refractivity contribution is -0.117. The summed E-state index contributed by atoms with van der Waals surface area (Å²) >= 11 is 5.58. The highest BCUT2D eigenvalue weighted by Crippen LogP contribution is 2.28. The van der Waals surface area contributed by atoms with E-state index in [4.69, 9.17) is 12.2 Å². The summed E-state index contributed by atoms with van der Waals surface area (Å²) < 4.78 is 0. The SMILES string of the molecule is Cc1cc(NC(=S)N[C@H](CC(C)C)c2ccccc2)ccc1N1CCCC1=O. The Balaban J connectivity index is 1.68. The summed E-state index contributed by atoms with van der Waals surface area (Å²) in [6.07, 6.45) is 2.58. The van der Waals surface area contributed by atoms with Crippen molar-refractivity contribution in [3.63, 3.8) is 0 Å². The van der Waals surface area contributed by atoms with Crippen molar-refractivity contribution in [2.45, 2.75) is 46.1 Å². The minimum absolute atomic E-state index is 0.170. The Bertz CT molecular complexity index is 835. The Morgan fingerprint density at radius 3 is 2.54 bits per heavy atom. The molecule has 1 fully saturated rings. The van der Waals surface area contributed by atoms with E-state index in [2.05, 4.69) is 54.8 Å². The molecule has 1 aliphatic rings. The molecule has 5 heteroatoms. The molecule has 1 amide bonds. The molecule has 2 aromatic rings. The van der Waals surface area contributed by atoms with Crippen LogP contribution >= 0.6 is 12.2 Å². The zero-order valence-electron chi connectivity index (χ0n) is 16.9. The Morgan fingerprint density at radius 1 is 1.18 bits per heavy atom. The van der Waals surface area contributed by atoms with Gasteiger partial charge in [0.1, 0.15) is 0 Å². The summed E-state index contributed by atoms with van der Waals surface area (Å²) in [4.78, 5) is 13.9. The van der Waals surface area contributed by atoms with Gasteiger partial charge in [0.2, 0.25) is 5.91 Å². The van der Waals surface area contributed by atoms with Crippen LogP contribution in [0.15, 0.2) is 48.5 Å². The molecule has 28 heavy (non-hydrogen) atoms. The zero-order valence-corrected chi connectivity index (χ0v) is 17.7. The third kappa shape index (κ3) is 5.10. The van der Waals surface area contributed by atoms with Crippen LogP contribution in [-0.4, -0.2) is 17.6 Å². The highest BCUT2D eigenvalue weighted by molar-refractivity contribution is 7.80. The van der Waals surface area contributed by atoms with Gasteiger partial charge in [-0.3, -0.25) is 4.79 Å². The van der Waals surface area contributed by atoms with Gasteiger partial charge in [0.25, 0.3) is 0 Å². The first-order chi connectivity index (χ1) is 13.4. The van der Waals surface area contributed by atoms with Crippen molar-refractivity contribution >= 4 is 34.6 Å². The smallest absolute Gasteiger partial charge is 0.227 e. The summed E-state index contributed by atoms with van der Waals surface area (Å²) in [5.41, 5.74) is 4.24. The number of aryl methyl sites for hydroxylation is 1. The number of carbonyl (C=O) groups excluding carboxylic acids is 1. The summed E-state index contributed by atoms with van der Waals surface area (Å²) in [5.74, 6) is 0.764. The molecule has 0 unspecified atom stereocenters. The molecule has 1 atom stereocenters. The first kappa shape index (κ1) is 20.3. The van der Waals surface area contributed by atoms with Gasteiger partial charge < -0.3 is 15.5 Å². The lowest BCUT2D eigenvalue weighted by Gasteiger charge is -2.24. The zero-order chi connectivity index (χ0) is 20.1. The van der Waals surface area contributed by atoms with E-state index in [9.17, 15) is 4.79 Å². The molecule has 1 aliphatic heterocycles. The van der Waals surface area contributed by atoms with E-state index in [-0.39, 0.29) is 11.9 Å². The Morgan fingerprint density at radius 2 is 1.93 bits per heavy atom. The number of hydrogen-bond donors (Lipinski definition) is 2. The molecule has 0 bridgehead atoms. The van der Waals surface area contributed by atoms with Crippen LogP contribution in [0.2, 0.25) is 0 Å². The fraction of sp³-hybridized carbons (Fsp3) is 0.391. The lowest BCUT2D eigenvalue weighted by atomic mass is 9.97. The number of anilines is 2. The van der Waals surface area contributed by atoms with Gasteiger partial charge in [-0.2, -0.15) is 0 Å². The fourth-order valence-corrected chi connectivity index (χ4v) is 3.96. The third-order valence-corrected chi connectivity index (χ3v) is 5.25. The second kappa shape index (κ2) is 9.20. The number of thiocarbonyl (C=S) groups is 1. The van der Waals surface area contributed by atoms with Crippen LogP contribution < -0.4 is 15.5 Å². The summed E-state index contributed by atoms with van der Waals surface area (Å²) in [6.45, 7) is 7.28. The van der Waals surface area contributed by atoms with E-state index in [1.807, 2.05) is 30.0 Å². The quantitative estimate of drug-likeness (QED) is 0.660. The average Bonchev–Trinajstić information content (AvgIpc) is 3.07. The molecule has 2 aromatic carbocycles. The van der Waals surface area contributed by atoms with Gasteiger partial charge in [-0.25, -0.2) is 0 Å². The van der Waals surface area contributed by atoms with E-state index in [0.29, 0.717) is 17.5 Å². The predicted octanol–water partition coefficient (Wildman–Crippen LogP) is 5.20. The molecule has 4 nitrogen and oxygen atoms in total. The van der Waals surface area contributed by atoms with Crippen LogP contribution in [0.5, 0.6) is 0 Å². The molecule has 2 N–H and O–H groups in total. The maximum atomic E-state index is 12.0. The highest BCUT2D eigenvalue weighted by Gasteiger charge is 2.23. The molecule has 0 aromatic heterocycles. The van der Waals surface area contributed by atoms with Crippen LogP contribution in [0.25, 0.3) is 0 Å². The number of carbonyl (C=O) groups is 1. The third-order valence-electron chi connectivity index (χ3n) is 5.03. The van der Waals surface area contributed by atoms with Crippen molar-refractivity contribution in [3.8, 4) is 0 Å². The van der Waals surface area contributed by atoms with E-state index in [1.165, 1.54) is 5.56 Å². The van der Waals surface area contributed by atoms with Crippen molar-refractivity contribution in [1.82, 2.24) is 5.32 Å². The summed E-state index contributed by atoms with van der Waals surface area (Å²) in [5, 5.41) is 7.38. The largest absolute Gasteiger partial charge is 0.356 e. The van der Waals surface area contributed by atoms with E-state index in [0.717, 1.165) is 36.3 Å². The number of benzene rings is 2. The van der Waals surface area contributed by atoms with Gasteiger partial charge in [-0.1, -0.05) is 44.2 Å². The first-order valence-corrected chi connectivity index (χ1v) is 10.4. The normalized spacial score (nSPS) is 15.0. The van der Waals surface area contributed by atoms with Crippen LogP contribution in [0.4, 0.5) is 11.4 Å². The number of nitrogens with zero attached hydrogens (tertiary/aromatic N) is 1. The lowest BCUT2D eigenvalue weighted by Crippen LogP contribution is -2.33. The number of amides is 1. The number of rotatable bonds is 6. The second-order valence-electron chi connectivity index (χ2n) is 7.84. The molecule has 0 aliphatic carbocycles. The standard InChI is InChI=1S/C23H29N3OS/c1-16(2)14-20(18-8-5-4-6-9-18)25-23(28)24-19-11-12-21(17(3)15-19)26-13-7-10-22(26)27/h4-6,8-9,11-12,15-16,20H,7,10,13-14H2,1-3H3,(H2,24,25,28)/t20-/m1/s1. The number of nitrogens with one attached hydrogen (secondary N) is 2. The average molecular weight is 396 g/mol. The molecular formula is C23H29N3OS. The predicted molar refractivity (Wildman–Crippen MR) is 121 cm³/mol. The topological polar surface area (TPSA) is 44.4 Å². The van der Waals surface area contributed by atoms with Gasteiger partial charge in [0.05, 0.1) is 6.04 Å². The minimum atomic E-state index is 0.170. The van der Waals surface area contributed by atoms with Crippen molar-refractivity contribution in [3.05, 3.63) is 59.7 Å². The van der Waals surface area contributed by atoms with Crippen LogP contribution in [0.3, 0.4) is 0 Å². The molecule has 0 saturated carbocycles. The summed E-state index contributed by atoms with van der Waals surface area (Å²) in [6, 6.07) is 16.6. The highest BCUT2D eigenvalue weighted by atomic mass is 32.1. The van der Waals surface area contributed by atoms with Crippen LogP contribution in [-0.2, 0) is 4.79 Å². The van der Waals surface area contributed by atoms with Crippen molar-refractivity contribution in [2.24, 2.45) is 5.92 Å². The molecular weight excluding hydrogens is 366 g/mol. The number of hydrogen-bond acceptors (Lipinski definition) is 2. The first-order valence-electron chi connectivity index (χ1n) is 9.97. The van der Waals surface area contributed by atoms with Gasteiger partial charge in [0, 0.05) is 24.3 Å². The Labute approximate surface area is 173 Å². The molecule has 3 rings (SSSR count). The van der Waals surface area contributed by atoms with E-state index >= 15 is 0 Å². The van der Waals surface area contributed by atoms with Crippen LogP contribution in [0, 0.1) is 12.8 Å². The van der Waals surface area contributed by atoms with Gasteiger partial charge in [0.15, 0.2) is 5.11 Å². The van der Waals surface area contributed by atoms with Gasteiger partial charge >= 0.3 is 0 Å². The fourth-order valence-electron chi connectivity index (χ4n) is 3.70. The van der Waals surface area contributed by atoms with Gasteiger partial charge in [-0.05, 0) is 67.2 Å². The monoisotopic (exact) mass is 395 g/mol.